The molecule has 8 heteroatoms. The van der Waals surface area contributed by atoms with Crippen molar-refractivity contribution in [3.63, 3.8) is 0 Å². The molecule has 2 fully saturated rings. The average molecular weight is 409 g/mol. The van der Waals surface area contributed by atoms with E-state index in [-0.39, 0.29) is 11.9 Å². The Morgan fingerprint density at radius 3 is 2.63 bits per heavy atom. The van der Waals surface area contributed by atoms with E-state index in [1.54, 1.807) is 12.3 Å². The van der Waals surface area contributed by atoms with E-state index < -0.39 is 6.09 Å². The minimum atomic E-state index is -0.394. The third-order valence-electron chi connectivity index (χ3n) is 5.64. The summed E-state index contributed by atoms with van der Waals surface area (Å²) in [6, 6.07) is 9.49. The van der Waals surface area contributed by atoms with Crippen molar-refractivity contribution in [2.45, 2.75) is 51.1 Å². The smallest absolute Gasteiger partial charge is 0.415 e. The van der Waals surface area contributed by atoms with Crippen molar-refractivity contribution in [3.05, 3.63) is 47.7 Å². The summed E-state index contributed by atoms with van der Waals surface area (Å²) in [5.41, 5.74) is 1.68. The average Bonchev–Trinajstić information content (AvgIpc) is 3.20. The van der Waals surface area contributed by atoms with Crippen molar-refractivity contribution in [2.75, 3.05) is 23.4 Å². The van der Waals surface area contributed by atoms with E-state index in [0.717, 1.165) is 18.4 Å². The topological polar surface area (TPSA) is 96.4 Å². The number of aromatic nitrogens is 2. The molecule has 2 aromatic rings. The zero-order valence-corrected chi connectivity index (χ0v) is 17.1. The van der Waals surface area contributed by atoms with E-state index in [1.807, 2.05) is 31.2 Å². The van der Waals surface area contributed by atoms with Crippen LogP contribution in [0.5, 0.6) is 0 Å². The standard InChI is InChI=1S/C22H27N5O3/c1-15(24-21-23-12-11-19(26-21)27-13-14-30-22(27)29)16-7-9-17(10-8-16)20(28)25-18-5-3-2-4-6-18/h7-12,15,18H,2-6,13-14H2,1H3,(H,25,28)(H,23,24,26)/t15-/m0/s1. The Morgan fingerprint density at radius 2 is 1.93 bits per heavy atom. The van der Waals surface area contributed by atoms with Gasteiger partial charge in [0.05, 0.1) is 12.6 Å². The predicted octanol–water partition coefficient (Wildman–Crippen LogP) is 3.67. The third-order valence-corrected chi connectivity index (χ3v) is 5.64. The van der Waals surface area contributed by atoms with Gasteiger partial charge in [-0.3, -0.25) is 9.69 Å². The zero-order chi connectivity index (χ0) is 20.9. The van der Waals surface area contributed by atoms with Crippen LogP contribution in [-0.2, 0) is 4.74 Å². The monoisotopic (exact) mass is 409 g/mol. The molecule has 1 atom stereocenters. The summed E-state index contributed by atoms with van der Waals surface area (Å²) >= 11 is 0. The molecule has 1 aliphatic carbocycles. The molecule has 158 valence electrons. The van der Waals surface area contributed by atoms with E-state index in [4.69, 9.17) is 4.74 Å². The molecule has 1 saturated heterocycles. The highest BCUT2D eigenvalue weighted by Crippen LogP contribution is 2.21. The van der Waals surface area contributed by atoms with E-state index in [0.29, 0.717) is 36.5 Å². The Balaban J connectivity index is 1.37. The van der Waals surface area contributed by atoms with Crippen LogP contribution >= 0.6 is 0 Å². The molecule has 30 heavy (non-hydrogen) atoms. The van der Waals surface area contributed by atoms with Gasteiger partial charge in [0, 0.05) is 17.8 Å². The minimum absolute atomic E-state index is 0.0115. The van der Waals surface area contributed by atoms with Crippen LogP contribution in [-0.4, -0.2) is 41.2 Å². The second-order valence-corrected chi connectivity index (χ2v) is 7.80. The number of hydrogen-bond donors (Lipinski definition) is 2. The molecule has 2 amide bonds. The first-order valence-corrected chi connectivity index (χ1v) is 10.5. The van der Waals surface area contributed by atoms with Crippen LogP contribution in [0.4, 0.5) is 16.6 Å². The number of ether oxygens (including phenoxy) is 1. The Kier molecular flexibility index (Phi) is 6.11. The Labute approximate surface area is 176 Å². The van der Waals surface area contributed by atoms with Crippen LogP contribution in [0.25, 0.3) is 0 Å². The summed E-state index contributed by atoms with van der Waals surface area (Å²) in [5.74, 6) is 0.929. The summed E-state index contributed by atoms with van der Waals surface area (Å²) in [6.45, 7) is 2.84. The molecule has 2 heterocycles. The molecule has 0 spiro atoms. The van der Waals surface area contributed by atoms with E-state index in [2.05, 4.69) is 20.6 Å². The summed E-state index contributed by atoms with van der Waals surface area (Å²) in [5, 5.41) is 6.39. The number of anilines is 2. The SMILES string of the molecule is C[C@H](Nc1nccc(N2CCOC2=O)n1)c1ccc(C(=O)NC2CCCCC2)cc1. The van der Waals surface area contributed by atoms with Gasteiger partial charge in [-0.25, -0.2) is 9.78 Å². The quantitative estimate of drug-likeness (QED) is 0.756. The normalized spacial score (nSPS) is 18.0. The van der Waals surface area contributed by atoms with E-state index in [1.165, 1.54) is 24.2 Å². The summed E-state index contributed by atoms with van der Waals surface area (Å²) in [7, 11) is 0. The summed E-state index contributed by atoms with van der Waals surface area (Å²) in [6.07, 6.45) is 7.00. The Hall–Kier alpha value is -3.16. The van der Waals surface area contributed by atoms with Gasteiger partial charge in [0.1, 0.15) is 12.4 Å². The fourth-order valence-corrected chi connectivity index (χ4v) is 3.89. The number of amides is 2. The fourth-order valence-electron chi connectivity index (χ4n) is 3.89. The van der Waals surface area contributed by atoms with Crippen molar-refractivity contribution in [3.8, 4) is 0 Å². The zero-order valence-electron chi connectivity index (χ0n) is 17.1. The van der Waals surface area contributed by atoms with Gasteiger partial charge in [0.25, 0.3) is 5.91 Å². The lowest BCUT2D eigenvalue weighted by Gasteiger charge is -2.23. The number of rotatable bonds is 6. The number of benzene rings is 1. The molecule has 0 bridgehead atoms. The second kappa shape index (κ2) is 9.11. The second-order valence-electron chi connectivity index (χ2n) is 7.80. The molecule has 8 nitrogen and oxygen atoms in total. The van der Waals surface area contributed by atoms with Crippen LogP contribution in [0.1, 0.15) is 61.0 Å². The van der Waals surface area contributed by atoms with Crippen LogP contribution in [0, 0.1) is 0 Å². The Morgan fingerprint density at radius 1 is 1.17 bits per heavy atom. The van der Waals surface area contributed by atoms with Crippen LogP contribution < -0.4 is 15.5 Å². The molecule has 2 aliphatic rings. The first kappa shape index (κ1) is 20.1. The van der Waals surface area contributed by atoms with Gasteiger partial charge in [-0.2, -0.15) is 4.98 Å². The van der Waals surface area contributed by atoms with Gasteiger partial charge in [-0.05, 0) is 43.5 Å². The lowest BCUT2D eigenvalue weighted by Crippen LogP contribution is -2.36. The maximum absolute atomic E-state index is 12.5. The molecule has 4 rings (SSSR count). The summed E-state index contributed by atoms with van der Waals surface area (Å²) in [4.78, 5) is 34.4. The van der Waals surface area contributed by atoms with Crippen molar-refractivity contribution >= 4 is 23.8 Å². The number of carbonyl (C=O) groups excluding carboxylic acids is 2. The third kappa shape index (κ3) is 4.69. The lowest BCUT2D eigenvalue weighted by atomic mass is 9.95. The lowest BCUT2D eigenvalue weighted by molar-refractivity contribution is 0.0927. The summed E-state index contributed by atoms with van der Waals surface area (Å²) < 4.78 is 4.96. The molecular formula is C22H27N5O3. The highest BCUT2D eigenvalue weighted by Gasteiger charge is 2.25. The Bertz CT molecular complexity index is 896. The van der Waals surface area contributed by atoms with Gasteiger partial charge in [0.15, 0.2) is 0 Å². The van der Waals surface area contributed by atoms with Crippen molar-refractivity contribution < 1.29 is 14.3 Å². The maximum atomic E-state index is 12.5. The molecule has 1 aromatic heterocycles. The predicted molar refractivity (Wildman–Crippen MR) is 114 cm³/mol. The number of nitrogens with one attached hydrogen (secondary N) is 2. The van der Waals surface area contributed by atoms with Crippen LogP contribution in [0.3, 0.4) is 0 Å². The highest BCUT2D eigenvalue weighted by atomic mass is 16.6. The molecule has 0 radical (unpaired) electrons. The number of hydrogen-bond acceptors (Lipinski definition) is 6. The van der Waals surface area contributed by atoms with E-state index in [9.17, 15) is 9.59 Å². The fraction of sp³-hybridized carbons (Fsp3) is 0.455. The molecular weight excluding hydrogens is 382 g/mol. The molecule has 2 N–H and O–H groups in total. The van der Waals surface area contributed by atoms with Crippen molar-refractivity contribution in [1.82, 2.24) is 15.3 Å². The number of nitrogens with zero attached hydrogens (tertiary/aromatic N) is 3. The van der Waals surface area contributed by atoms with Gasteiger partial charge < -0.3 is 15.4 Å². The maximum Gasteiger partial charge on any atom is 0.415 e. The van der Waals surface area contributed by atoms with Gasteiger partial charge in [0.2, 0.25) is 5.95 Å². The first-order chi connectivity index (χ1) is 14.6. The first-order valence-electron chi connectivity index (χ1n) is 10.5. The van der Waals surface area contributed by atoms with Gasteiger partial charge in [-0.1, -0.05) is 31.4 Å². The number of cyclic esters (lactones) is 1. The van der Waals surface area contributed by atoms with Gasteiger partial charge >= 0.3 is 6.09 Å². The highest BCUT2D eigenvalue weighted by molar-refractivity contribution is 5.94. The van der Waals surface area contributed by atoms with Crippen LogP contribution in [0.15, 0.2) is 36.5 Å². The molecule has 1 saturated carbocycles. The van der Waals surface area contributed by atoms with Crippen molar-refractivity contribution in [2.24, 2.45) is 0 Å². The largest absolute Gasteiger partial charge is 0.447 e. The minimum Gasteiger partial charge on any atom is -0.447 e. The molecule has 0 unspecified atom stereocenters. The molecule has 1 aliphatic heterocycles. The van der Waals surface area contributed by atoms with Crippen molar-refractivity contribution in [1.29, 1.82) is 0 Å². The van der Waals surface area contributed by atoms with E-state index >= 15 is 0 Å². The molecule has 1 aromatic carbocycles. The van der Waals surface area contributed by atoms with Gasteiger partial charge in [-0.15, -0.1) is 0 Å². The van der Waals surface area contributed by atoms with Crippen LogP contribution in [0.2, 0.25) is 0 Å². The number of carbonyl (C=O) groups is 2.